The van der Waals surface area contributed by atoms with Crippen LogP contribution in [0, 0.1) is 5.82 Å². The summed E-state index contributed by atoms with van der Waals surface area (Å²) in [5, 5.41) is 11.8. The fraction of sp³-hybridized carbons (Fsp3) is 0.333. The molecule has 1 aliphatic carbocycles. The van der Waals surface area contributed by atoms with E-state index in [2.05, 4.69) is 10.3 Å². The van der Waals surface area contributed by atoms with E-state index in [1.165, 1.54) is 12.1 Å². The maximum Gasteiger partial charge on any atom is 0.246 e. The second kappa shape index (κ2) is 9.91. The zero-order chi connectivity index (χ0) is 23.4. The van der Waals surface area contributed by atoms with Gasteiger partial charge in [-0.3, -0.25) is 9.78 Å². The number of nitrogens with zero attached hydrogens (tertiary/aromatic N) is 4. The average Bonchev–Trinajstić information content (AvgIpc) is 3.30. The maximum atomic E-state index is 13.5. The lowest BCUT2D eigenvalue weighted by Gasteiger charge is -2.27. The summed E-state index contributed by atoms with van der Waals surface area (Å²) in [5.41, 5.74) is 2.92. The van der Waals surface area contributed by atoms with Crippen molar-refractivity contribution in [2.45, 2.75) is 32.2 Å². The summed E-state index contributed by atoms with van der Waals surface area (Å²) in [7, 11) is 1.81. The lowest BCUT2D eigenvalue weighted by atomic mass is 10.1. The highest BCUT2D eigenvalue weighted by atomic mass is 19.1. The van der Waals surface area contributed by atoms with Gasteiger partial charge in [0.2, 0.25) is 5.91 Å². The number of amides is 1. The largest absolute Gasteiger partial charge is 0.491 e. The van der Waals surface area contributed by atoms with Gasteiger partial charge < -0.3 is 20.1 Å². The van der Waals surface area contributed by atoms with Gasteiger partial charge in [-0.25, -0.2) is 14.4 Å². The summed E-state index contributed by atoms with van der Waals surface area (Å²) in [5.74, 6) is 1.01. The molecule has 0 fully saturated rings. The summed E-state index contributed by atoms with van der Waals surface area (Å²) in [6.07, 6.45) is 4.24. The summed E-state index contributed by atoms with van der Waals surface area (Å²) in [6, 6.07) is 8.68. The number of rotatable bonds is 8. The quantitative estimate of drug-likeness (QED) is 0.543. The number of pyridine rings is 1. The first kappa shape index (κ1) is 22.6. The molecule has 1 aromatic carbocycles. The van der Waals surface area contributed by atoms with Crippen molar-refractivity contribution < 1.29 is 19.0 Å². The normalized spacial score (nSPS) is 13.3. The topological polar surface area (TPSA) is 100 Å². The van der Waals surface area contributed by atoms with Crippen LogP contribution in [0.4, 0.5) is 15.9 Å². The molecule has 172 valence electrons. The number of fused-ring (bicyclic) bond motifs is 1. The van der Waals surface area contributed by atoms with Crippen molar-refractivity contribution >= 4 is 17.4 Å². The molecule has 0 saturated carbocycles. The number of carbonyl (C=O) groups excluding carboxylic acids is 1. The van der Waals surface area contributed by atoms with Gasteiger partial charge in [-0.05, 0) is 50.5 Å². The molecule has 4 rings (SSSR count). The van der Waals surface area contributed by atoms with Crippen LogP contribution in [0.2, 0.25) is 0 Å². The average molecular weight is 452 g/mol. The first-order valence-corrected chi connectivity index (χ1v) is 10.9. The molecule has 1 amide bonds. The molecule has 2 N–H and O–H groups in total. The zero-order valence-electron chi connectivity index (χ0n) is 18.6. The summed E-state index contributed by atoms with van der Waals surface area (Å²) in [6.45, 7) is 1.87. The zero-order valence-corrected chi connectivity index (χ0v) is 18.6. The van der Waals surface area contributed by atoms with Gasteiger partial charge in [-0.1, -0.05) is 6.07 Å². The number of ether oxygens (including phenoxy) is 1. The van der Waals surface area contributed by atoms with Crippen LogP contribution in [-0.2, 0) is 17.6 Å². The van der Waals surface area contributed by atoms with Gasteiger partial charge >= 0.3 is 0 Å². The molecule has 33 heavy (non-hydrogen) atoms. The standard InChI is InChI=1S/C24H26FN5O3/c1-15(24(32)27-17-6-3-5-16(25)13-17)30(2)23-19-7-4-8-20(19)28-22(29-23)21-14-18(9-10-26-21)33-12-11-31/h3,5-6,9-10,13-15,31H,4,7-8,11-12H2,1-2H3,(H,27,32)/t15-/m1/s1. The number of hydrogen-bond acceptors (Lipinski definition) is 7. The third-order valence-corrected chi connectivity index (χ3v) is 5.62. The van der Waals surface area contributed by atoms with Crippen LogP contribution in [-0.4, -0.2) is 52.3 Å². The Morgan fingerprint density at radius 2 is 2.12 bits per heavy atom. The number of aryl methyl sites for hydroxylation is 1. The van der Waals surface area contributed by atoms with Crippen molar-refractivity contribution in [1.82, 2.24) is 15.0 Å². The fourth-order valence-electron chi connectivity index (χ4n) is 3.78. The predicted octanol–water partition coefficient (Wildman–Crippen LogP) is 3.00. The lowest BCUT2D eigenvalue weighted by Crippen LogP contribution is -2.40. The third-order valence-electron chi connectivity index (χ3n) is 5.62. The van der Waals surface area contributed by atoms with E-state index in [1.807, 2.05) is 11.9 Å². The summed E-state index contributed by atoms with van der Waals surface area (Å²) in [4.78, 5) is 28.6. The van der Waals surface area contributed by atoms with Crippen LogP contribution in [0.3, 0.4) is 0 Å². The van der Waals surface area contributed by atoms with Crippen molar-refractivity contribution in [1.29, 1.82) is 0 Å². The number of aliphatic hydroxyl groups excluding tert-OH is 1. The Morgan fingerprint density at radius 3 is 2.91 bits per heavy atom. The molecular weight excluding hydrogens is 425 g/mol. The van der Waals surface area contributed by atoms with Gasteiger partial charge in [0, 0.05) is 36.3 Å². The van der Waals surface area contributed by atoms with E-state index < -0.39 is 11.9 Å². The van der Waals surface area contributed by atoms with Crippen LogP contribution in [0.1, 0.15) is 24.6 Å². The monoisotopic (exact) mass is 451 g/mol. The van der Waals surface area contributed by atoms with Gasteiger partial charge in [-0.2, -0.15) is 0 Å². The Labute approximate surface area is 191 Å². The molecule has 8 nitrogen and oxygen atoms in total. The number of benzene rings is 1. The minimum absolute atomic E-state index is 0.0858. The highest BCUT2D eigenvalue weighted by molar-refractivity contribution is 5.96. The maximum absolute atomic E-state index is 13.5. The van der Waals surface area contributed by atoms with Gasteiger partial charge in [0.05, 0.1) is 6.61 Å². The van der Waals surface area contributed by atoms with Crippen LogP contribution < -0.4 is 15.0 Å². The molecule has 0 saturated heterocycles. The predicted molar refractivity (Wildman–Crippen MR) is 123 cm³/mol. The van der Waals surface area contributed by atoms with Gasteiger partial charge in [-0.15, -0.1) is 0 Å². The van der Waals surface area contributed by atoms with Gasteiger partial charge in [0.15, 0.2) is 5.82 Å². The second-order valence-corrected chi connectivity index (χ2v) is 7.88. The Balaban J connectivity index is 1.62. The second-order valence-electron chi connectivity index (χ2n) is 7.88. The fourth-order valence-corrected chi connectivity index (χ4v) is 3.78. The number of aromatic nitrogens is 3. The van der Waals surface area contributed by atoms with E-state index >= 15 is 0 Å². The highest BCUT2D eigenvalue weighted by Crippen LogP contribution is 2.32. The molecule has 0 radical (unpaired) electrons. The van der Waals surface area contributed by atoms with Gasteiger partial charge in [0.1, 0.15) is 35.7 Å². The Kier molecular flexibility index (Phi) is 6.79. The van der Waals surface area contributed by atoms with E-state index in [9.17, 15) is 9.18 Å². The Bertz CT molecular complexity index is 1160. The minimum Gasteiger partial charge on any atom is -0.491 e. The Morgan fingerprint density at radius 1 is 1.27 bits per heavy atom. The van der Waals surface area contributed by atoms with Gasteiger partial charge in [0.25, 0.3) is 0 Å². The number of aliphatic hydroxyl groups is 1. The molecule has 0 aliphatic heterocycles. The number of likely N-dealkylation sites (N-methyl/N-ethyl adjacent to an activating group) is 1. The molecule has 0 bridgehead atoms. The number of carbonyl (C=O) groups is 1. The smallest absolute Gasteiger partial charge is 0.246 e. The van der Waals surface area contributed by atoms with Crippen molar-refractivity contribution in [3.05, 3.63) is 59.7 Å². The summed E-state index contributed by atoms with van der Waals surface area (Å²) < 4.78 is 19.0. The minimum atomic E-state index is -0.562. The molecule has 0 unspecified atom stereocenters. The van der Waals surface area contributed by atoms with Crippen molar-refractivity contribution in [3.8, 4) is 17.3 Å². The Hall–Kier alpha value is -3.59. The van der Waals surface area contributed by atoms with E-state index in [0.29, 0.717) is 28.8 Å². The third kappa shape index (κ3) is 5.09. The van der Waals surface area contributed by atoms with Crippen LogP contribution in [0.25, 0.3) is 11.5 Å². The van der Waals surface area contributed by atoms with E-state index in [4.69, 9.17) is 19.8 Å². The number of anilines is 2. The van der Waals surface area contributed by atoms with Crippen LogP contribution in [0.5, 0.6) is 5.75 Å². The van der Waals surface area contributed by atoms with E-state index in [-0.39, 0.29) is 19.1 Å². The molecule has 9 heteroatoms. The molecule has 1 aliphatic rings. The number of hydrogen-bond donors (Lipinski definition) is 2. The molecule has 2 aromatic heterocycles. The highest BCUT2D eigenvalue weighted by Gasteiger charge is 2.27. The first-order valence-electron chi connectivity index (χ1n) is 10.9. The number of nitrogens with one attached hydrogen (secondary N) is 1. The van der Waals surface area contributed by atoms with Crippen LogP contribution in [0.15, 0.2) is 42.6 Å². The molecular formula is C24H26FN5O3. The van der Waals surface area contributed by atoms with Crippen LogP contribution >= 0.6 is 0 Å². The van der Waals surface area contributed by atoms with Crippen molar-refractivity contribution in [2.24, 2.45) is 0 Å². The molecule has 1 atom stereocenters. The molecule has 2 heterocycles. The molecule has 3 aromatic rings. The first-order chi connectivity index (χ1) is 16.0. The van der Waals surface area contributed by atoms with E-state index in [1.54, 1.807) is 37.4 Å². The molecule has 0 spiro atoms. The van der Waals surface area contributed by atoms with E-state index in [0.717, 1.165) is 30.5 Å². The van der Waals surface area contributed by atoms with Crippen molar-refractivity contribution in [2.75, 3.05) is 30.5 Å². The SMILES string of the molecule is C[C@H](C(=O)Nc1cccc(F)c1)N(C)c1nc(-c2cc(OCCO)ccn2)nc2c1CCC2. The summed E-state index contributed by atoms with van der Waals surface area (Å²) >= 11 is 0. The number of halogens is 1. The lowest BCUT2D eigenvalue weighted by molar-refractivity contribution is -0.117. The van der Waals surface area contributed by atoms with Crippen molar-refractivity contribution in [3.63, 3.8) is 0 Å².